The van der Waals surface area contributed by atoms with Gasteiger partial charge in [0.1, 0.15) is 12.0 Å². The molecule has 250 valence electrons. The third kappa shape index (κ3) is 9.01. The molecule has 0 aromatic heterocycles. The summed E-state index contributed by atoms with van der Waals surface area (Å²) in [7, 11) is 8.02. The Morgan fingerprint density at radius 2 is 1.74 bits per heavy atom. The predicted octanol–water partition coefficient (Wildman–Crippen LogP) is 4.32. The SMILES string of the molecule is CO[C@]1(C)C[C@@H](C)CN(C)[C@@H]([C@@H]2CCN(CC(C)C)C2)COC(=O)C(C)(C)C(=O)[C@H](C)[C@H]1O[C@H]1C[C@@H](N(C)C)C[C@@H](C)O1. The molecule has 0 aliphatic carbocycles. The number of carbonyl (C=O) groups excluding carboxylic acids is 2. The molecule has 9 nitrogen and oxygen atoms in total. The summed E-state index contributed by atoms with van der Waals surface area (Å²) in [4.78, 5) is 35.0. The molecule has 3 aliphatic heterocycles. The van der Waals surface area contributed by atoms with Gasteiger partial charge < -0.3 is 28.7 Å². The van der Waals surface area contributed by atoms with Crippen molar-refractivity contribution in [3.8, 4) is 0 Å². The molecule has 0 spiro atoms. The van der Waals surface area contributed by atoms with Gasteiger partial charge in [-0.25, -0.2) is 0 Å². The minimum atomic E-state index is -1.33. The van der Waals surface area contributed by atoms with Crippen molar-refractivity contribution in [2.24, 2.45) is 29.1 Å². The summed E-state index contributed by atoms with van der Waals surface area (Å²) in [6.45, 7) is 20.4. The number of carbonyl (C=O) groups is 2. The van der Waals surface area contributed by atoms with Crippen molar-refractivity contribution in [2.75, 3.05) is 61.0 Å². The maximum Gasteiger partial charge on any atom is 0.319 e. The molecular weight excluding hydrogens is 546 g/mol. The van der Waals surface area contributed by atoms with E-state index in [4.69, 9.17) is 18.9 Å². The Hall–Kier alpha value is -1.10. The van der Waals surface area contributed by atoms with Crippen molar-refractivity contribution in [1.29, 1.82) is 0 Å². The van der Waals surface area contributed by atoms with E-state index in [1.54, 1.807) is 21.0 Å². The van der Waals surface area contributed by atoms with Crippen LogP contribution in [-0.2, 0) is 28.5 Å². The predicted molar refractivity (Wildman–Crippen MR) is 170 cm³/mol. The van der Waals surface area contributed by atoms with Crippen molar-refractivity contribution in [3.05, 3.63) is 0 Å². The first-order chi connectivity index (χ1) is 20.0. The highest BCUT2D eigenvalue weighted by molar-refractivity contribution is 6.04. The molecule has 0 unspecified atom stereocenters. The van der Waals surface area contributed by atoms with Crippen LogP contribution in [0.3, 0.4) is 0 Å². The normalized spacial score (nSPS) is 39.4. The van der Waals surface area contributed by atoms with E-state index in [2.05, 4.69) is 70.5 Å². The van der Waals surface area contributed by atoms with Crippen LogP contribution in [-0.4, -0.2) is 124 Å². The molecule has 3 aliphatic rings. The zero-order valence-electron chi connectivity index (χ0n) is 29.4. The number of rotatable bonds is 7. The summed E-state index contributed by atoms with van der Waals surface area (Å²) >= 11 is 0. The molecule has 3 heterocycles. The van der Waals surface area contributed by atoms with E-state index in [0.29, 0.717) is 30.7 Å². The molecular formula is C34H63N3O6. The number of methoxy groups -OCH3 is 1. The summed E-state index contributed by atoms with van der Waals surface area (Å²) < 4.78 is 25.4. The van der Waals surface area contributed by atoms with Gasteiger partial charge in [-0.2, -0.15) is 0 Å². The monoisotopic (exact) mass is 609 g/mol. The summed E-state index contributed by atoms with van der Waals surface area (Å²) in [5.74, 6) is -0.0383. The lowest BCUT2D eigenvalue weighted by Crippen LogP contribution is -2.55. The number of ketones is 1. The number of cyclic esters (lactones) is 1. The van der Waals surface area contributed by atoms with Crippen LogP contribution in [0.5, 0.6) is 0 Å². The fourth-order valence-corrected chi connectivity index (χ4v) is 7.87. The highest BCUT2D eigenvalue weighted by Crippen LogP contribution is 2.38. The maximum atomic E-state index is 14.2. The Balaban J connectivity index is 1.93. The summed E-state index contributed by atoms with van der Waals surface area (Å²) in [5, 5.41) is 0. The van der Waals surface area contributed by atoms with Crippen LogP contribution in [0.25, 0.3) is 0 Å². The van der Waals surface area contributed by atoms with Crippen LogP contribution in [0, 0.1) is 29.1 Å². The van der Waals surface area contributed by atoms with Gasteiger partial charge in [-0.05, 0) is 92.4 Å². The number of likely N-dealkylation sites (tertiary alicyclic amines) is 1. The van der Waals surface area contributed by atoms with Crippen molar-refractivity contribution in [2.45, 2.75) is 117 Å². The van der Waals surface area contributed by atoms with Crippen LogP contribution in [0.15, 0.2) is 0 Å². The smallest absolute Gasteiger partial charge is 0.319 e. The lowest BCUT2D eigenvalue weighted by atomic mass is 9.74. The zero-order chi connectivity index (χ0) is 32.3. The number of likely N-dealkylation sites (N-methyl/N-ethyl adjacent to an activating group) is 1. The fourth-order valence-electron chi connectivity index (χ4n) is 7.87. The summed E-state index contributed by atoms with van der Waals surface area (Å²) in [5.41, 5.74) is -2.11. The molecule has 0 aromatic carbocycles. The first kappa shape index (κ1) is 36.4. The Labute approximate surface area is 262 Å². The van der Waals surface area contributed by atoms with E-state index >= 15 is 0 Å². The minimum Gasteiger partial charge on any atom is -0.463 e. The standard InChI is InChI=1S/C34H63N3O6/c1-22(2)18-37-14-13-26(20-37)28-21-41-32(39)33(6,7)30(38)25(5)31(34(8,40-12)17-23(3)19-36(28)11)43-29-16-27(35(9)10)15-24(4)42-29/h22-29,31H,13-21H2,1-12H3/t23-,24-,25+,26-,27+,28-,29+,31-,34-/m1/s1. The Kier molecular flexibility index (Phi) is 12.7. The molecule has 3 fully saturated rings. The second kappa shape index (κ2) is 15.0. The third-order valence-corrected chi connectivity index (χ3v) is 10.3. The molecule has 3 saturated heterocycles. The summed E-state index contributed by atoms with van der Waals surface area (Å²) in [6.07, 6.45) is 2.34. The Morgan fingerprint density at radius 1 is 1.07 bits per heavy atom. The lowest BCUT2D eigenvalue weighted by Gasteiger charge is -2.45. The van der Waals surface area contributed by atoms with Gasteiger partial charge in [0.2, 0.25) is 0 Å². The van der Waals surface area contributed by atoms with Crippen LogP contribution in [0.1, 0.15) is 81.1 Å². The van der Waals surface area contributed by atoms with E-state index in [1.807, 2.05) is 6.92 Å². The van der Waals surface area contributed by atoms with Crippen LogP contribution < -0.4 is 0 Å². The molecule has 9 heteroatoms. The van der Waals surface area contributed by atoms with Crippen LogP contribution >= 0.6 is 0 Å². The maximum absolute atomic E-state index is 14.2. The second-order valence-electron chi connectivity index (χ2n) is 15.4. The zero-order valence-corrected chi connectivity index (χ0v) is 29.4. The number of hydrogen-bond acceptors (Lipinski definition) is 9. The Bertz CT molecular complexity index is 928. The van der Waals surface area contributed by atoms with Gasteiger partial charge in [0, 0.05) is 51.2 Å². The number of ether oxygens (including phenoxy) is 4. The third-order valence-electron chi connectivity index (χ3n) is 10.3. The summed E-state index contributed by atoms with van der Waals surface area (Å²) in [6, 6.07) is 0.389. The van der Waals surface area contributed by atoms with E-state index < -0.39 is 35.3 Å². The van der Waals surface area contributed by atoms with Gasteiger partial charge in [-0.1, -0.05) is 27.7 Å². The van der Waals surface area contributed by atoms with Gasteiger partial charge in [0.25, 0.3) is 0 Å². The van der Waals surface area contributed by atoms with Crippen molar-refractivity contribution < 1.29 is 28.5 Å². The van der Waals surface area contributed by atoms with Gasteiger partial charge >= 0.3 is 5.97 Å². The van der Waals surface area contributed by atoms with Gasteiger partial charge in [-0.3, -0.25) is 14.5 Å². The molecule has 0 saturated carbocycles. The molecule has 0 amide bonds. The number of Topliss-reactive ketones (excluding diaryl/α,β-unsaturated/α-hetero) is 1. The van der Waals surface area contributed by atoms with Crippen molar-refractivity contribution in [3.63, 3.8) is 0 Å². The number of nitrogens with zero attached hydrogens (tertiary/aromatic N) is 3. The van der Waals surface area contributed by atoms with E-state index in [1.165, 1.54) is 0 Å². The average Bonchev–Trinajstić information content (AvgIpc) is 3.36. The molecule has 3 rings (SSSR count). The molecule has 0 bridgehead atoms. The van der Waals surface area contributed by atoms with Gasteiger partial charge in [-0.15, -0.1) is 0 Å². The highest BCUT2D eigenvalue weighted by Gasteiger charge is 2.50. The van der Waals surface area contributed by atoms with Gasteiger partial charge in [0.15, 0.2) is 12.1 Å². The highest BCUT2D eigenvalue weighted by atomic mass is 16.7. The van der Waals surface area contributed by atoms with Crippen molar-refractivity contribution in [1.82, 2.24) is 14.7 Å². The number of hydrogen-bond donors (Lipinski definition) is 0. The molecule has 0 N–H and O–H groups in total. The van der Waals surface area contributed by atoms with E-state index in [-0.39, 0.29) is 30.5 Å². The van der Waals surface area contributed by atoms with Crippen molar-refractivity contribution >= 4 is 11.8 Å². The fraction of sp³-hybridized carbons (Fsp3) is 0.941. The van der Waals surface area contributed by atoms with Crippen LogP contribution in [0.4, 0.5) is 0 Å². The van der Waals surface area contributed by atoms with Gasteiger partial charge in [0.05, 0.1) is 17.8 Å². The lowest BCUT2D eigenvalue weighted by molar-refractivity contribution is -0.263. The first-order valence-electron chi connectivity index (χ1n) is 16.6. The molecule has 9 atom stereocenters. The first-order valence-corrected chi connectivity index (χ1v) is 16.6. The number of esters is 1. The molecule has 0 radical (unpaired) electrons. The van der Waals surface area contributed by atoms with Crippen LogP contribution in [0.2, 0.25) is 0 Å². The molecule has 0 aromatic rings. The quantitative estimate of drug-likeness (QED) is 0.310. The topological polar surface area (TPSA) is 80.8 Å². The van der Waals surface area contributed by atoms with E-state index in [9.17, 15) is 9.59 Å². The second-order valence-corrected chi connectivity index (χ2v) is 15.4. The Morgan fingerprint density at radius 3 is 2.35 bits per heavy atom. The average molecular weight is 610 g/mol. The molecule has 43 heavy (non-hydrogen) atoms. The minimum absolute atomic E-state index is 0.0312. The van der Waals surface area contributed by atoms with E-state index in [0.717, 1.165) is 39.0 Å². The largest absolute Gasteiger partial charge is 0.463 e.